The number of nitrogens with zero attached hydrogens (tertiary/aromatic N) is 2. The van der Waals surface area contributed by atoms with E-state index in [0.717, 1.165) is 11.0 Å². The summed E-state index contributed by atoms with van der Waals surface area (Å²) >= 11 is 12.2. The molecule has 3 rings (SSSR count). The molecule has 5 heteroatoms. The molecule has 102 valence electrons. The van der Waals surface area contributed by atoms with E-state index in [-0.39, 0.29) is 11.2 Å². The molecule has 2 nitrogen and oxygen atoms in total. The van der Waals surface area contributed by atoms with Gasteiger partial charge in [-0.1, -0.05) is 23.7 Å². The normalized spacial score (nSPS) is 12.8. The molecule has 0 spiro atoms. The Morgan fingerprint density at radius 2 is 1.95 bits per heavy atom. The second-order valence-electron chi connectivity index (χ2n) is 4.51. The molecule has 0 aliphatic heterocycles. The number of benzene rings is 2. The molecule has 0 aliphatic rings. The number of hydrogen-bond acceptors (Lipinski definition) is 1. The van der Waals surface area contributed by atoms with Crippen LogP contribution in [0.1, 0.15) is 18.1 Å². The quantitative estimate of drug-likeness (QED) is 0.601. The molecule has 0 N–H and O–H groups in total. The van der Waals surface area contributed by atoms with Gasteiger partial charge in [0.1, 0.15) is 11.6 Å². The average molecular weight is 309 g/mol. The minimum Gasteiger partial charge on any atom is -0.292 e. The van der Waals surface area contributed by atoms with Crippen LogP contribution in [0.5, 0.6) is 0 Å². The van der Waals surface area contributed by atoms with Gasteiger partial charge in [0.2, 0.25) is 0 Å². The number of halogens is 3. The van der Waals surface area contributed by atoms with Crippen molar-refractivity contribution >= 4 is 34.2 Å². The second-order valence-corrected chi connectivity index (χ2v) is 5.60. The van der Waals surface area contributed by atoms with E-state index in [0.29, 0.717) is 16.5 Å². The molecule has 0 saturated carbocycles. The highest BCUT2D eigenvalue weighted by Gasteiger charge is 2.18. The van der Waals surface area contributed by atoms with E-state index in [1.165, 1.54) is 12.1 Å². The predicted octanol–water partition coefficient (Wildman–Crippen LogP) is 5.12. The van der Waals surface area contributed by atoms with E-state index in [1.54, 1.807) is 10.6 Å². The van der Waals surface area contributed by atoms with Crippen LogP contribution >= 0.6 is 23.2 Å². The van der Waals surface area contributed by atoms with E-state index in [1.807, 2.05) is 31.2 Å². The molecule has 0 saturated heterocycles. The van der Waals surface area contributed by atoms with Crippen LogP contribution in [0.3, 0.4) is 0 Å². The van der Waals surface area contributed by atoms with Crippen LogP contribution in [-0.4, -0.2) is 9.55 Å². The predicted molar refractivity (Wildman–Crippen MR) is 80.3 cm³/mol. The smallest absolute Gasteiger partial charge is 0.147 e. The summed E-state index contributed by atoms with van der Waals surface area (Å²) in [6.45, 7) is 1.81. The molecule has 2 aromatic carbocycles. The van der Waals surface area contributed by atoms with Crippen molar-refractivity contribution in [2.24, 2.45) is 0 Å². The second kappa shape index (κ2) is 5.08. The first kappa shape index (κ1) is 13.4. The van der Waals surface area contributed by atoms with Gasteiger partial charge in [0.25, 0.3) is 0 Å². The fourth-order valence-corrected chi connectivity index (χ4v) is 2.53. The maximum absolute atomic E-state index is 14.2. The summed E-state index contributed by atoms with van der Waals surface area (Å²) in [6, 6.07) is 12.0. The summed E-state index contributed by atoms with van der Waals surface area (Å²) < 4.78 is 15.9. The first-order chi connectivity index (χ1) is 9.58. The Bertz CT molecular complexity index is 781. The molecule has 3 aromatic rings. The standard InChI is InChI=1S/C15H11Cl2FN2/c1-9(16)15-19-12-4-2-3-5-13(12)20(15)14-8-10(17)6-7-11(14)18/h2-9H,1H3. The van der Waals surface area contributed by atoms with Crippen LogP contribution in [0.15, 0.2) is 42.5 Å². The molecule has 1 atom stereocenters. The summed E-state index contributed by atoms with van der Waals surface area (Å²) in [5.41, 5.74) is 1.93. The van der Waals surface area contributed by atoms with Crippen molar-refractivity contribution in [2.45, 2.75) is 12.3 Å². The molecule has 0 aliphatic carbocycles. The fraction of sp³-hybridized carbons (Fsp3) is 0.133. The van der Waals surface area contributed by atoms with Gasteiger partial charge in [0, 0.05) is 5.02 Å². The topological polar surface area (TPSA) is 17.8 Å². The third-order valence-electron chi connectivity index (χ3n) is 3.09. The summed E-state index contributed by atoms with van der Waals surface area (Å²) in [6.07, 6.45) is 0. The highest BCUT2D eigenvalue weighted by molar-refractivity contribution is 6.30. The molecule has 1 heterocycles. The van der Waals surface area contributed by atoms with E-state index in [4.69, 9.17) is 23.2 Å². The number of alkyl halides is 1. The number of aromatic nitrogens is 2. The number of fused-ring (bicyclic) bond motifs is 1. The van der Waals surface area contributed by atoms with E-state index in [9.17, 15) is 4.39 Å². The molecule has 20 heavy (non-hydrogen) atoms. The lowest BCUT2D eigenvalue weighted by Crippen LogP contribution is -2.04. The average Bonchev–Trinajstić information content (AvgIpc) is 2.81. The van der Waals surface area contributed by atoms with Gasteiger partial charge in [-0.25, -0.2) is 9.37 Å². The Balaban J connectivity index is 2.39. The zero-order valence-electron chi connectivity index (χ0n) is 10.6. The monoisotopic (exact) mass is 308 g/mol. The van der Waals surface area contributed by atoms with Gasteiger partial charge >= 0.3 is 0 Å². The van der Waals surface area contributed by atoms with Crippen LogP contribution < -0.4 is 0 Å². The van der Waals surface area contributed by atoms with Crippen molar-refractivity contribution in [1.29, 1.82) is 0 Å². The van der Waals surface area contributed by atoms with Gasteiger partial charge in [0.15, 0.2) is 0 Å². The zero-order valence-corrected chi connectivity index (χ0v) is 12.2. The maximum Gasteiger partial charge on any atom is 0.147 e. The van der Waals surface area contributed by atoms with Crippen molar-refractivity contribution in [3.05, 3.63) is 59.1 Å². The fourth-order valence-electron chi connectivity index (χ4n) is 2.22. The maximum atomic E-state index is 14.2. The number of para-hydroxylation sites is 2. The molecule has 1 unspecified atom stereocenters. The van der Waals surface area contributed by atoms with Crippen molar-refractivity contribution < 1.29 is 4.39 Å². The van der Waals surface area contributed by atoms with Crippen molar-refractivity contribution in [1.82, 2.24) is 9.55 Å². The number of hydrogen-bond donors (Lipinski definition) is 0. The Labute approximate surface area is 125 Å². The Morgan fingerprint density at radius 3 is 2.70 bits per heavy atom. The summed E-state index contributed by atoms with van der Waals surface area (Å²) in [5.74, 6) is 0.227. The van der Waals surface area contributed by atoms with Crippen LogP contribution in [0.4, 0.5) is 4.39 Å². The van der Waals surface area contributed by atoms with Crippen LogP contribution in [0.25, 0.3) is 16.7 Å². The van der Waals surface area contributed by atoms with E-state index in [2.05, 4.69) is 4.98 Å². The summed E-state index contributed by atoms with van der Waals surface area (Å²) in [5, 5.41) is 0.119. The number of rotatable bonds is 2. The van der Waals surface area contributed by atoms with Gasteiger partial charge in [-0.2, -0.15) is 0 Å². The lowest BCUT2D eigenvalue weighted by atomic mass is 10.2. The molecular weight excluding hydrogens is 298 g/mol. The Morgan fingerprint density at radius 1 is 1.20 bits per heavy atom. The molecule has 0 bridgehead atoms. The largest absolute Gasteiger partial charge is 0.292 e. The molecule has 0 fully saturated rings. The van der Waals surface area contributed by atoms with Crippen LogP contribution in [0.2, 0.25) is 5.02 Å². The molecular formula is C15H11Cl2FN2. The third-order valence-corrected chi connectivity index (χ3v) is 3.52. The Kier molecular flexibility index (Phi) is 3.40. The lowest BCUT2D eigenvalue weighted by molar-refractivity contribution is 0.616. The minimum absolute atomic E-state index is 0.346. The summed E-state index contributed by atoms with van der Waals surface area (Å²) in [4.78, 5) is 4.48. The highest BCUT2D eigenvalue weighted by Crippen LogP contribution is 2.30. The van der Waals surface area contributed by atoms with Gasteiger partial charge < -0.3 is 0 Å². The van der Waals surface area contributed by atoms with Crippen LogP contribution in [0, 0.1) is 5.82 Å². The van der Waals surface area contributed by atoms with Gasteiger partial charge in [-0.3, -0.25) is 4.57 Å². The first-order valence-corrected chi connectivity index (χ1v) is 6.96. The molecule has 0 amide bonds. The van der Waals surface area contributed by atoms with Gasteiger partial charge in [-0.05, 0) is 37.3 Å². The van der Waals surface area contributed by atoms with E-state index >= 15 is 0 Å². The molecule has 1 aromatic heterocycles. The van der Waals surface area contributed by atoms with Gasteiger partial charge in [-0.15, -0.1) is 11.6 Å². The SMILES string of the molecule is CC(Cl)c1nc2ccccc2n1-c1cc(Cl)ccc1F. The summed E-state index contributed by atoms with van der Waals surface area (Å²) in [7, 11) is 0. The first-order valence-electron chi connectivity index (χ1n) is 6.15. The highest BCUT2D eigenvalue weighted by atomic mass is 35.5. The van der Waals surface area contributed by atoms with Gasteiger partial charge in [0.05, 0.1) is 22.1 Å². The zero-order chi connectivity index (χ0) is 14.3. The number of imidazole rings is 1. The van der Waals surface area contributed by atoms with E-state index < -0.39 is 0 Å². The van der Waals surface area contributed by atoms with Crippen LogP contribution in [-0.2, 0) is 0 Å². The lowest BCUT2D eigenvalue weighted by Gasteiger charge is -2.11. The third kappa shape index (κ3) is 2.17. The molecule has 0 radical (unpaired) electrons. The Hall–Kier alpha value is -1.58. The van der Waals surface area contributed by atoms with Crippen molar-refractivity contribution in [2.75, 3.05) is 0 Å². The minimum atomic E-state index is -0.365. The van der Waals surface area contributed by atoms with Crippen molar-refractivity contribution in [3.63, 3.8) is 0 Å². The van der Waals surface area contributed by atoms with Crippen molar-refractivity contribution in [3.8, 4) is 5.69 Å².